The Morgan fingerprint density at radius 2 is 1.72 bits per heavy atom. The first-order chi connectivity index (χ1) is 15.1. The minimum absolute atomic E-state index is 0.0202. The Morgan fingerprint density at radius 1 is 1.06 bits per heavy atom. The quantitative estimate of drug-likeness (QED) is 0.544. The number of carbonyl (C=O) groups is 1. The molecule has 0 radical (unpaired) electrons. The van der Waals surface area contributed by atoms with Crippen molar-refractivity contribution in [2.45, 2.75) is 11.4 Å². The van der Waals surface area contributed by atoms with Crippen molar-refractivity contribution in [2.24, 2.45) is 0 Å². The number of sulfonamides is 1. The molecular weight excluding hydrogens is 462 g/mol. The third-order valence-corrected chi connectivity index (χ3v) is 6.74. The Morgan fingerprint density at radius 3 is 2.38 bits per heavy atom. The van der Waals surface area contributed by atoms with E-state index in [0.29, 0.717) is 11.4 Å². The molecule has 32 heavy (non-hydrogen) atoms. The molecule has 0 unspecified atom stereocenters. The number of benzene rings is 3. The molecule has 0 aliphatic carbocycles. The number of hydrogen-bond donors (Lipinski definition) is 1. The molecule has 10 heteroatoms. The van der Waals surface area contributed by atoms with Gasteiger partial charge in [0, 0.05) is 19.7 Å². The summed E-state index contributed by atoms with van der Waals surface area (Å²) in [5.74, 6) is -1.90. The predicted octanol–water partition coefficient (Wildman–Crippen LogP) is 4.38. The molecule has 1 N–H and O–H groups in total. The summed E-state index contributed by atoms with van der Waals surface area (Å²) in [5.41, 5.74) is 0.411. The van der Waals surface area contributed by atoms with Crippen LogP contribution in [0.2, 0.25) is 5.02 Å². The highest BCUT2D eigenvalue weighted by atomic mass is 35.5. The number of carbonyl (C=O) groups excluding carboxylic acids is 1. The van der Waals surface area contributed by atoms with E-state index in [9.17, 15) is 22.0 Å². The second kappa shape index (κ2) is 9.54. The maximum atomic E-state index is 13.3. The van der Waals surface area contributed by atoms with Gasteiger partial charge in [-0.25, -0.2) is 17.2 Å². The van der Waals surface area contributed by atoms with Gasteiger partial charge in [-0.1, -0.05) is 23.7 Å². The standard InChI is InChI=1S/C22H19ClF2N2O4S/c1-27(20-5-3-4-6-21(20)31-2)32(29,30)17-7-8-19(23)18(12-17)22(28)26-13-14-9-15(24)11-16(25)10-14/h3-12H,13H2,1-2H3,(H,26,28). The van der Waals surface area contributed by atoms with Crippen LogP contribution in [0.15, 0.2) is 65.6 Å². The second-order valence-corrected chi connectivity index (χ2v) is 9.12. The number of nitrogens with one attached hydrogen (secondary N) is 1. The molecule has 3 aromatic carbocycles. The summed E-state index contributed by atoms with van der Waals surface area (Å²) >= 11 is 6.11. The highest BCUT2D eigenvalue weighted by Gasteiger charge is 2.25. The molecule has 0 aliphatic heterocycles. The zero-order valence-corrected chi connectivity index (χ0v) is 18.7. The van der Waals surface area contributed by atoms with Gasteiger partial charge in [0.05, 0.1) is 28.3 Å². The van der Waals surface area contributed by atoms with Crippen molar-refractivity contribution in [1.29, 1.82) is 0 Å². The van der Waals surface area contributed by atoms with Crippen LogP contribution in [-0.2, 0) is 16.6 Å². The van der Waals surface area contributed by atoms with Crippen LogP contribution in [0.3, 0.4) is 0 Å². The fraction of sp³-hybridized carbons (Fsp3) is 0.136. The van der Waals surface area contributed by atoms with Crippen LogP contribution in [0.1, 0.15) is 15.9 Å². The molecule has 0 fully saturated rings. The first-order valence-electron chi connectivity index (χ1n) is 9.28. The van der Waals surface area contributed by atoms with E-state index in [4.69, 9.17) is 16.3 Å². The zero-order chi connectivity index (χ0) is 23.5. The molecule has 0 spiro atoms. The monoisotopic (exact) mass is 480 g/mol. The number of halogens is 3. The van der Waals surface area contributed by atoms with Crippen molar-refractivity contribution < 1.29 is 26.7 Å². The molecular formula is C22H19ClF2N2O4S. The van der Waals surface area contributed by atoms with Crippen LogP contribution >= 0.6 is 11.6 Å². The average Bonchev–Trinajstić information content (AvgIpc) is 2.76. The molecule has 0 saturated heterocycles. The van der Waals surface area contributed by atoms with Crippen molar-refractivity contribution in [2.75, 3.05) is 18.5 Å². The largest absolute Gasteiger partial charge is 0.495 e. The van der Waals surface area contributed by atoms with Crippen LogP contribution in [0.25, 0.3) is 0 Å². The summed E-state index contributed by atoms with van der Waals surface area (Å²) in [4.78, 5) is 12.4. The first-order valence-corrected chi connectivity index (χ1v) is 11.1. The van der Waals surface area contributed by atoms with Crippen molar-refractivity contribution in [1.82, 2.24) is 5.32 Å². The molecule has 168 valence electrons. The number of amides is 1. The Hall–Kier alpha value is -3.17. The van der Waals surface area contributed by atoms with Crippen LogP contribution < -0.4 is 14.4 Å². The van der Waals surface area contributed by atoms with Gasteiger partial charge in [-0.2, -0.15) is 0 Å². The molecule has 0 atom stereocenters. The van der Waals surface area contributed by atoms with E-state index in [0.717, 1.165) is 28.6 Å². The van der Waals surface area contributed by atoms with E-state index < -0.39 is 27.6 Å². The number of hydrogen-bond acceptors (Lipinski definition) is 4. The van der Waals surface area contributed by atoms with Gasteiger partial charge in [0.25, 0.3) is 15.9 Å². The number of ether oxygens (including phenoxy) is 1. The Labute approximate surface area is 189 Å². The van der Waals surface area contributed by atoms with Crippen molar-refractivity contribution in [3.63, 3.8) is 0 Å². The smallest absolute Gasteiger partial charge is 0.264 e. The molecule has 1 amide bonds. The van der Waals surface area contributed by atoms with Crippen LogP contribution in [0, 0.1) is 11.6 Å². The van der Waals surface area contributed by atoms with E-state index in [1.807, 2.05) is 0 Å². The lowest BCUT2D eigenvalue weighted by Crippen LogP contribution is -2.28. The molecule has 0 heterocycles. The predicted molar refractivity (Wildman–Crippen MR) is 118 cm³/mol. The Kier molecular flexibility index (Phi) is 7.00. The van der Waals surface area contributed by atoms with E-state index in [1.54, 1.807) is 24.3 Å². The lowest BCUT2D eigenvalue weighted by atomic mass is 10.2. The number of rotatable bonds is 7. The Bertz CT molecular complexity index is 1250. The number of anilines is 1. The topological polar surface area (TPSA) is 75.7 Å². The molecule has 0 aliphatic rings. The van der Waals surface area contributed by atoms with E-state index in [2.05, 4.69) is 5.32 Å². The molecule has 3 aromatic rings. The summed E-state index contributed by atoms with van der Waals surface area (Å²) < 4.78 is 59.2. The zero-order valence-electron chi connectivity index (χ0n) is 17.1. The van der Waals surface area contributed by atoms with Gasteiger partial charge in [0.15, 0.2) is 0 Å². The van der Waals surface area contributed by atoms with Crippen LogP contribution in [0.4, 0.5) is 14.5 Å². The molecule has 0 saturated carbocycles. The van der Waals surface area contributed by atoms with Crippen molar-refractivity contribution in [3.05, 3.63) is 88.4 Å². The number of methoxy groups -OCH3 is 1. The number of nitrogens with zero attached hydrogens (tertiary/aromatic N) is 1. The Balaban J connectivity index is 1.87. The molecule has 0 bridgehead atoms. The molecule has 6 nitrogen and oxygen atoms in total. The van der Waals surface area contributed by atoms with E-state index in [-0.39, 0.29) is 27.6 Å². The maximum absolute atomic E-state index is 13.3. The van der Waals surface area contributed by atoms with Crippen molar-refractivity contribution in [3.8, 4) is 5.75 Å². The lowest BCUT2D eigenvalue weighted by molar-refractivity contribution is 0.0950. The highest BCUT2D eigenvalue weighted by molar-refractivity contribution is 7.92. The second-order valence-electron chi connectivity index (χ2n) is 6.75. The first kappa shape index (κ1) is 23.5. The van der Waals surface area contributed by atoms with Gasteiger partial charge in [-0.15, -0.1) is 0 Å². The SMILES string of the molecule is COc1ccccc1N(C)S(=O)(=O)c1ccc(Cl)c(C(=O)NCc2cc(F)cc(F)c2)c1. The normalized spacial score (nSPS) is 11.2. The summed E-state index contributed by atoms with van der Waals surface area (Å²) in [6.07, 6.45) is 0. The number of para-hydroxylation sites is 2. The van der Waals surface area contributed by atoms with Gasteiger partial charge in [-0.3, -0.25) is 9.10 Å². The highest BCUT2D eigenvalue weighted by Crippen LogP contribution is 2.31. The fourth-order valence-electron chi connectivity index (χ4n) is 3.01. The fourth-order valence-corrected chi connectivity index (χ4v) is 4.44. The minimum Gasteiger partial charge on any atom is -0.495 e. The minimum atomic E-state index is -4.06. The summed E-state index contributed by atoms with van der Waals surface area (Å²) in [6.45, 7) is -0.179. The lowest BCUT2D eigenvalue weighted by Gasteiger charge is -2.22. The van der Waals surface area contributed by atoms with Gasteiger partial charge in [0.1, 0.15) is 17.4 Å². The third kappa shape index (κ3) is 5.00. The van der Waals surface area contributed by atoms with Gasteiger partial charge < -0.3 is 10.1 Å². The van der Waals surface area contributed by atoms with Crippen LogP contribution in [0.5, 0.6) is 5.75 Å². The average molecular weight is 481 g/mol. The van der Waals surface area contributed by atoms with E-state index in [1.165, 1.54) is 26.3 Å². The maximum Gasteiger partial charge on any atom is 0.264 e. The van der Waals surface area contributed by atoms with Crippen molar-refractivity contribution >= 4 is 33.2 Å². The summed E-state index contributed by atoms with van der Waals surface area (Å²) in [7, 11) is -1.27. The van der Waals surface area contributed by atoms with Gasteiger partial charge in [-0.05, 0) is 48.0 Å². The van der Waals surface area contributed by atoms with E-state index >= 15 is 0 Å². The molecule has 0 aromatic heterocycles. The van der Waals surface area contributed by atoms with Gasteiger partial charge >= 0.3 is 0 Å². The molecule has 3 rings (SSSR count). The summed E-state index contributed by atoms with van der Waals surface area (Å²) in [6, 6.07) is 13.2. The van der Waals surface area contributed by atoms with Crippen LogP contribution in [-0.4, -0.2) is 28.5 Å². The summed E-state index contributed by atoms with van der Waals surface area (Å²) in [5, 5.41) is 2.50. The van der Waals surface area contributed by atoms with Gasteiger partial charge in [0.2, 0.25) is 0 Å². The third-order valence-electron chi connectivity index (χ3n) is 4.64.